The molecule has 0 radical (unpaired) electrons. The smallest absolute Gasteiger partial charge is 0.266 e. The molecule has 0 aliphatic carbocycles. The van der Waals surface area contributed by atoms with Gasteiger partial charge in [0.2, 0.25) is 0 Å². The second-order valence-corrected chi connectivity index (χ2v) is 6.52. The van der Waals surface area contributed by atoms with E-state index in [0.717, 1.165) is 11.3 Å². The maximum absolute atomic E-state index is 12.7. The van der Waals surface area contributed by atoms with Crippen LogP contribution < -0.4 is 5.73 Å². The lowest BCUT2D eigenvalue weighted by atomic mass is 10.2. The highest BCUT2D eigenvalue weighted by atomic mass is 32.1. The molecule has 1 aliphatic rings. The summed E-state index contributed by atoms with van der Waals surface area (Å²) in [6, 6.07) is 9.83. The van der Waals surface area contributed by atoms with Gasteiger partial charge in [0.1, 0.15) is 15.2 Å². The van der Waals surface area contributed by atoms with Crippen LogP contribution in [0.4, 0.5) is 5.69 Å². The fraction of sp³-hybridized carbons (Fsp3) is 0.235. The highest BCUT2D eigenvalue weighted by molar-refractivity contribution is 7.21. The van der Waals surface area contributed by atoms with Crippen LogP contribution >= 0.6 is 11.3 Å². The zero-order valence-corrected chi connectivity index (χ0v) is 13.8. The van der Waals surface area contributed by atoms with Gasteiger partial charge < -0.3 is 15.4 Å². The zero-order valence-electron chi connectivity index (χ0n) is 12.9. The summed E-state index contributed by atoms with van der Waals surface area (Å²) in [5.74, 6) is -0.0677. The van der Waals surface area contributed by atoms with E-state index in [9.17, 15) is 4.79 Å². The van der Waals surface area contributed by atoms with Gasteiger partial charge in [0.15, 0.2) is 0 Å². The van der Waals surface area contributed by atoms with Crippen molar-refractivity contribution in [3.8, 4) is 11.3 Å². The van der Waals surface area contributed by atoms with Crippen LogP contribution in [0.25, 0.3) is 21.6 Å². The summed E-state index contributed by atoms with van der Waals surface area (Å²) in [5.41, 5.74) is 8.93. The average molecular weight is 340 g/mol. The van der Waals surface area contributed by atoms with Crippen molar-refractivity contribution in [1.29, 1.82) is 0 Å². The van der Waals surface area contributed by atoms with Crippen LogP contribution in [0.2, 0.25) is 0 Å². The van der Waals surface area contributed by atoms with Gasteiger partial charge >= 0.3 is 0 Å². The topological polar surface area (TPSA) is 81.3 Å². The summed E-state index contributed by atoms with van der Waals surface area (Å²) in [6.07, 6.45) is 1.70. The number of benzene rings is 1. The van der Waals surface area contributed by atoms with Crippen molar-refractivity contribution in [1.82, 2.24) is 14.9 Å². The molecule has 2 aromatic heterocycles. The van der Waals surface area contributed by atoms with Crippen LogP contribution in [0.5, 0.6) is 0 Å². The molecule has 24 heavy (non-hydrogen) atoms. The van der Waals surface area contributed by atoms with Crippen molar-refractivity contribution in [2.45, 2.75) is 0 Å². The van der Waals surface area contributed by atoms with Gasteiger partial charge in [-0.1, -0.05) is 30.3 Å². The maximum Gasteiger partial charge on any atom is 0.266 e. The van der Waals surface area contributed by atoms with Crippen LogP contribution in [-0.2, 0) is 4.74 Å². The molecule has 1 fully saturated rings. The minimum absolute atomic E-state index is 0.0677. The molecule has 3 heterocycles. The number of anilines is 1. The Balaban J connectivity index is 1.73. The Hall–Kier alpha value is -2.51. The summed E-state index contributed by atoms with van der Waals surface area (Å²) in [7, 11) is 0. The highest BCUT2D eigenvalue weighted by Gasteiger charge is 2.24. The number of rotatable bonds is 2. The number of hydrogen-bond acceptors (Lipinski definition) is 6. The Bertz CT molecular complexity index is 888. The molecule has 4 rings (SSSR count). The number of nitrogens with zero attached hydrogens (tertiary/aromatic N) is 3. The number of carbonyl (C=O) groups excluding carboxylic acids is 1. The number of hydrogen-bond donors (Lipinski definition) is 1. The first-order chi connectivity index (χ1) is 11.7. The van der Waals surface area contributed by atoms with Gasteiger partial charge in [-0.25, -0.2) is 9.97 Å². The molecule has 2 N–H and O–H groups in total. The molecule has 1 aliphatic heterocycles. The third-order valence-corrected chi connectivity index (χ3v) is 5.08. The SMILES string of the molecule is Nc1c(C(=O)N2CCOCC2)sc2nc(-c3ccccc3)cnc12. The summed E-state index contributed by atoms with van der Waals surface area (Å²) in [5, 5.41) is 0. The van der Waals surface area contributed by atoms with Crippen LogP contribution in [0.15, 0.2) is 36.5 Å². The third kappa shape index (κ3) is 2.61. The van der Waals surface area contributed by atoms with Crippen molar-refractivity contribution in [2.24, 2.45) is 0 Å². The first-order valence-corrected chi connectivity index (χ1v) is 8.53. The Kier molecular flexibility index (Phi) is 3.87. The summed E-state index contributed by atoms with van der Waals surface area (Å²) < 4.78 is 5.29. The second kappa shape index (κ2) is 6.18. The Morgan fingerprint density at radius 3 is 2.71 bits per heavy atom. The van der Waals surface area contributed by atoms with Crippen molar-refractivity contribution in [3.63, 3.8) is 0 Å². The molecule has 6 nitrogen and oxygen atoms in total. The van der Waals surface area contributed by atoms with E-state index >= 15 is 0 Å². The molecule has 0 spiro atoms. The molecule has 1 saturated heterocycles. The number of nitrogen functional groups attached to an aromatic ring is 1. The lowest BCUT2D eigenvalue weighted by Gasteiger charge is -2.26. The van der Waals surface area contributed by atoms with Crippen LogP contribution in [-0.4, -0.2) is 47.1 Å². The molecule has 0 atom stereocenters. The van der Waals surface area contributed by atoms with Gasteiger partial charge in [-0.15, -0.1) is 11.3 Å². The molecule has 3 aromatic rings. The van der Waals surface area contributed by atoms with Gasteiger partial charge in [0.25, 0.3) is 5.91 Å². The summed E-state index contributed by atoms with van der Waals surface area (Å²) in [6.45, 7) is 2.29. The van der Waals surface area contributed by atoms with Gasteiger partial charge in [-0.3, -0.25) is 4.79 Å². The Morgan fingerprint density at radius 2 is 1.96 bits per heavy atom. The quantitative estimate of drug-likeness (QED) is 0.775. The van der Waals surface area contributed by atoms with E-state index in [1.54, 1.807) is 11.1 Å². The number of aromatic nitrogens is 2. The van der Waals surface area contributed by atoms with Crippen LogP contribution in [0.1, 0.15) is 9.67 Å². The standard InChI is InChI=1S/C17H16N4O2S/c18-13-14-16(20-12(10-19-14)11-4-2-1-3-5-11)24-15(13)17(22)21-6-8-23-9-7-21/h1-5,10H,6-9,18H2. The summed E-state index contributed by atoms with van der Waals surface area (Å²) in [4.78, 5) is 24.7. The Morgan fingerprint density at radius 1 is 1.21 bits per heavy atom. The van der Waals surface area contributed by atoms with Gasteiger partial charge in [-0.2, -0.15) is 0 Å². The molecule has 122 valence electrons. The zero-order chi connectivity index (χ0) is 16.5. The third-order valence-electron chi connectivity index (χ3n) is 4.00. The fourth-order valence-electron chi connectivity index (χ4n) is 2.70. The largest absolute Gasteiger partial charge is 0.396 e. The molecule has 0 unspecified atom stereocenters. The van der Waals surface area contributed by atoms with E-state index in [1.807, 2.05) is 30.3 Å². The van der Waals surface area contributed by atoms with Crippen LogP contribution in [0.3, 0.4) is 0 Å². The fourth-order valence-corrected chi connectivity index (χ4v) is 3.72. The van der Waals surface area contributed by atoms with E-state index in [4.69, 9.17) is 10.5 Å². The minimum Gasteiger partial charge on any atom is -0.396 e. The highest BCUT2D eigenvalue weighted by Crippen LogP contribution is 2.33. The normalized spacial score (nSPS) is 14.9. The van der Waals surface area contributed by atoms with Crippen molar-refractivity contribution < 1.29 is 9.53 Å². The molecule has 0 bridgehead atoms. The molecular weight excluding hydrogens is 324 g/mol. The van der Waals surface area contributed by atoms with E-state index in [-0.39, 0.29) is 5.91 Å². The lowest BCUT2D eigenvalue weighted by molar-refractivity contribution is 0.0307. The summed E-state index contributed by atoms with van der Waals surface area (Å²) >= 11 is 1.30. The van der Waals surface area contributed by atoms with Crippen molar-refractivity contribution >= 4 is 33.3 Å². The number of nitrogens with two attached hydrogens (primary N) is 1. The van der Waals surface area contributed by atoms with Gasteiger partial charge in [0, 0.05) is 18.7 Å². The van der Waals surface area contributed by atoms with Crippen molar-refractivity contribution in [2.75, 3.05) is 32.0 Å². The Labute approximate surface area is 142 Å². The number of ether oxygens (including phenoxy) is 1. The number of morpholine rings is 1. The molecule has 1 aromatic carbocycles. The maximum atomic E-state index is 12.7. The number of thiophene rings is 1. The average Bonchev–Trinajstić information content (AvgIpc) is 2.99. The van der Waals surface area contributed by atoms with E-state index in [2.05, 4.69) is 9.97 Å². The van der Waals surface area contributed by atoms with Gasteiger partial charge in [-0.05, 0) is 0 Å². The predicted octanol–water partition coefficient (Wildman–Crippen LogP) is 2.41. The van der Waals surface area contributed by atoms with Gasteiger partial charge in [0.05, 0.1) is 30.8 Å². The number of fused-ring (bicyclic) bond motifs is 1. The molecule has 1 amide bonds. The molecular formula is C17H16N4O2S. The first-order valence-electron chi connectivity index (χ1n) is 7.71. The molecule has 0 saturated carbocycles. The minimum atomic E-state index is -0.0677. The van der Waals surface area contributed by atoms with E-state index in [0.29, 0.717) is 47.2 Å². The van der Waals surface area contributed by atoms with Crippen LogP contribution in [0, 0.1) is 0 Å². The van der Waals surface area contributed by atoms with E-state index < -0.39 is 0 Å². The van der Waals surface area contributed by atoms with Crippen molar-refractivity contribution in [3.05, 3.63) is 41.4 Å². The monoisotopic (exact) mass is 340 g/mol. The number of carbonyl (C=O) groups is 1. The van der Waals surface area contributed by atoms with E-state index in [1.165, 1.54) is 11.3 Å². The lowest BCUT2D eigenvalue weighted by Crippen LogP contribution is -2.40. The first kappa shape index (κ1) is 15.0. The predicted molar refractivity (Wildman–Crippen MR) is 94.0 cm³/mol. The molecule has 7 heteroatoms. The second-order valence-electron chi connectivity index (χ2n) is 5.52. The number of amides is 1.